The van der Waals surface area contributed by atoms with Crippen LogP contribution in [0.2, 0.25) is 0 Å². The number of hydrogen-bond donors (Lipinski definition) is 2. The minimum atomic E-state index is -0.206. The fourth-order valence-electron chi connectivity index (χ4n) is 2.67. The Kier molecular flexibility index (Phi) is 4.12. The van der Waals surface area contributed by atoms with Crippen LogP contribution in [0.5, 0.6) is 0 Å². The van der Waals surface area contributed by atoms with Gasteiger partial charge in [-0.2, -0.15) is 0 Å². The maximum absolute atomic E-state index is 9.99. The molecule has 18 heavy (non-hydrogen) atoms. The van der Waals surface area contributed by atoms with E-state index in [1.54, 1.807) is 0 Å². The van der Waals surface area contributed by atoms with Crippen molar-refractivity contribution >= 4 is 11.4 Å². The molecular formula is C15H24N2O. The maximum atomic E-state index is 9.99. The molecule has 0 saturated heterocycles. The molecule has 0 spiro atoms. The molecule has 0 bridgehead atoms. The number of nitrogens with one attached hydrogen (secondary N) is 1. The fraction of sp³-hybridized carbons (Fsp3) is 0.600. The van der Waals surface area contributed by atoms with Crippen molar-refractivity contribution in [2.45, 2.75) is 44.8 Å². The van der Waals surface area contributed by atoms with Crippen LogP contribution in [0.4, 0.5) is 11.4 Å². The van der Waals surface area contributed by atoms with Gasteiger partial charge in [-0.15, -0.1) is 0 Å². The summed E-state index contributed by atoms with van der Waals surface area (Å²) in [5, 5.41) is 13.5. The van der Waals surface area contributed by atoms with Crippen LogP contribution in [0, 0.1) is 6.92 Å². The zero-order valence-electron chi connectivity index (χ0n) is 11.6. The van der Waals surface area contributed by atoms with Crippen LogP contribution in [0.3, 0.4) is 0 Å². The molecule has 3 heteroatoms. The minimum Gasteiger partial charge on any atom is -0.391 e. The lowest BCUT2D eigenvalue weighted by Gasteiger charge is -2.29. The van der Waals surface area contributed by atoms with E-state index in [2.05, 4.69) is 49.4 Å². The molecule has 1 aromatic rings. The number of anilines is 2. The van der Waals surface area contributed by atoms with E-state index in [1.165, 1.54) is 17.7 Å². The normalized spacial score (nSPS) is 23.8. The molecule has 1 aromatic carbocycles. The van der Waals surface area contributed by atoms with Gasteiger partial charge in [0, 0.05) is 25.5 Å². The first kappa shape index (κ1) is 13.2. The highest BCUT2D eigenvalue weighted by Gasteiger charge is 2.22. The predicted molar refractivity (Wildman–Crippen MR) is 77.4 cm³/mol. The fourth-order valence-corrected chi connectivity index (χ4v) is 2.67. The number of aliphatic hydroxyl groups is 1. The van der Waals surface area contributed by atoms with E-state index in [-0.39, 0.29) is 12.1 Å². The molecule has 2 atom stereocenters. The first-order valence-electron chi connectivity index (χ1n) is 6.80. The molecule has 0 amide bonds. The summed E-state index contributed by atoms with van der Waals surface area (Å²) in [6.45, 7) is 2.12. The van der Waals surface area contributed by atoms with Crippen molar-refractivity contribution in [3.63, 3.8) is 0 Å². The van der Waals surface area contributed by atoms with Gasteiger partial charge in [-0.25, -0.2) is 0 Å². The topological polar surface area (TPSA) is 35.5 Å². The van der Waals surface area contributed by atoms with Crippen molar-refractivity contribution in [3.05, 3.63) is 23.8 Å². The Morgan fingerprint density at radius 1 is 1.22 bits per heavy atom. The highest BCUT2D eigenvalue weighted by atomic mass is 16.3. The maximum Gasteiger partial charge on any atom is 0.0741 e. The lowest BCUT2D eigenvalue weighted by Crippen LogP contribution is -2.36. The van der Waals surface area contributed by atoms with Gasteiger partial charge in [0.05, 0.1) is 12.1 Å². The second-order valence-electron chi connectivity index (χ2n) is 5.50. The Morgan fingerprint density at radius 2 is 1.94 bits per heavy atom. The van der Waals surface area contributed by atoms with Gasteiger partial charge in [-0.3, -0.25) is 0 Å². The third-order valence-corrected chi connectivity index (χ3v) is 3.77. The second kappa shape index (κ2) is 5.61. The number of hydrogen-bond acceptors (Lipinski definition) is 3. The van der Waals surface area contributed by atoms with Crippen LogP contribution < -0.4 is 10.2 Å². The molecule has 100 valence electrons. The Hall–Kier alpha value is -1.22. The first-order valence-corrected chi connectivity index (χ1v) is 6.80. The van der Waals surface area contributed by atoms with Crippen molar-refractivity contribution in [1.29, 1.82) is 0 Å². The molecule has 2 rings (SSSR count). The van der Waals surface area contributed by atoms with Crippen molar-refractivity contribution in [2.24, 2.45) is 0 Å². The highest BCUT2D eigenvalue weighted by molar-refractivity contribution is 5.62. The lowest BCUT2D eigenvalue weighted by molar-refractivity contribution is 0.116. The van der Waals surface area contributed by atoms with Crippen LogP contribution in [-0.4, -0.2) is 31.3 Å². The predicted octanol–water partition coefficient (Wildman–Crippen LogP) is 2.78. The molecule has 0 aromatic heterocycles. The standard InChI is InChI=1S/C15H24N2O/c1-11-8-9-12(10-14(11)17(2)3)16-13-6-4-5-7-15(13)18/h8-10,13,15-16,18H,4-7H2,1-3H3. The van der Waals surface area contributed by atoms with Gasteiger partial charge in [-0.05, 0) is 37.5 Å². The first-order chi connectivity index (χ1) is 8.58. The summed E-state index contributed by atoms with van der Waals surface area (Å²) >= 11 is 0. The molecule has 2 N–H and O–H groups in total. The van der Waals surface area contributed by atoms with Crippen LogP contribution >= 0.6 is 0 Å². The highest BCUT2D eigenvalue weighted by Crippen LogP contribution is 2.26. The molecule has 1 aliphatic carbocycles. The van der Waals surface area contributed by atoms with Crippen LogP contribution in [0.25, 0.3) is 0 Å². The second-order valence-corrected chi connectivity index (χ2v) is 5.50. The molecule has 1 fully saturated rings. The molecular weight excluding hydrogens is 224 g/mol. The number of rotatable bonds is 3. The zero-order valence-corrected chi connectivity index (χ0v) is 11.6. The van der Waals surface area contributed by atoms with E-state index in [0.29, 0.717) is 0 Å². The number of aryl methyl sites for hydroxylation is 1. The Balaban J connectivity index is 2.11. The summed E-state index contributed by atoms with van der Waals surface area (Å²) in [6, 6.07) is 6.60. The summed E-state index contributed by atoms with van der Waals surface area (Å²) in [5.74, 6) is 0. The summed E-state index contributed by atoms with van der Waals surface area (Å²) in [6.07, 6.45) is 4.14. The van der Waals surface area contributed by atoms with Crippen LogP contribution in [0.1, 0.15) is 31.2 Å². The Bertz CT molecular complexity index is 403. The average molecular weight is 248 g/mol. The minimum absolute atomic E-state index is 0.205. The SMILES string of the molecule is Cc1ccc(NC2CCCCC2O)cc1N(C)C. The quantitative estimate of drug-likeness (QED) is 0.863. The molecule has 2 unspecified atom stereocenters. The van der Waals surface area contributed by atoms with Crippen molar-refractivity contribution in [2.75, 3.05) is 24.3 Å². The Morgan fingerprint density at radius 3 is 2.61 bits per heavy atom. The zero-order chi connectivity index (χ0) is 13.1. The van der Waals surface area contributed by atoms with Gasteiger partial charge in [-0.1, -0.05) is 18.9 Å². The molecule has 1 saturated carbocycles. The molecule has 0 radical (unpaired) electrons. The van der Waals surface area contributed by atoms with Gasteiger partial charge in [0.1, 0.15) is 0 Å². The number of nitrogens with zero attached hydrogens (tertiary/aromatic N) is 1. The third kappa shape index (κ3) is 2.96. The van der Waals surface area contributed by atoms with Gasteiger partial charge < -0.3 is 15.3 Å². The molecule has 3 nitrogen and oxygen atoms in total. The van der Waals surface area contributed by atoms with Gasteiger partial charge in [0.2, 0.25) is 0 Å². The lowest BCUT2D eigenvalue weighted by atomic mass is 9.92. The molecule has 0 aliphatic heterocycles. The van der Waals surface area contributed by atoms with Gasteiger partial charge >= 0.3 is 0 Å². The largest absolute Gasteiger partial charge is 0.391 e. The van der Waals surface area contributed by atoms with Crippen molar-refractivity contribution < 1.29 is 5.11 Å². The third-order valence-electron chi connectivity index (χ3n) is 3.77. The van der Waals surface area contributed by atoms with E-state index in [1.807, 2.05) is 0 Å². The van der Waals surface area contributed by atoms with Gasteiger partial charge in [0.15, 0.2) is 0 Å². The van der Waals surface area contributed by atoms with E-state index in [9.17, 15) is 5.11 Å². The van der Waals surface area contributed by atoms with E-state index >= 15 is 0 Å². The number of aliphatic hydroxyl groups excluding tert-OH is 1. The number of benzene rings is 1. The van der Waals surface area contributed by atoms with Crippen LogP contribution in [-0.2, 0) is 0 Å². The van der Waals surface area contributed by atoms with E-state index < -0.39 is 0 Å². The van der Waals surface area contributed by atoms with Crippen LogP contribution in [0.15, 0.2) is 18.2 Å². The summed E-state index contributed by atoms with van der Waals surface area (Å²) in [7, 11) is 4.11. The van der Waals surface area contributed by atoms with Gasteiger partial charge in [0.25, 0.3) is 0 Å². The molecule has 1 aliphatic rings. The smallest absolute Gasteiger partial charge is 0.0741 e. The van der Waals surface area contributed by atoms with E-state index in [0.717, 1.165) is 24.9 Å². The van der Waals surface area contributed by atoms with E-state index in [4.69, 9.17) is 0 Å². The monoisotopic (exact) mass is 248 g/mol. The summed E-state index contributed by atoms with van der Waals surface area (Å²) < 4.78 is 0. The summed E-state index contributed by atoms with van der Waals surface area (Å²) in [5.41, 5.74) is 3.61. The molecule has 0 heterocycles. The summed E-state index contributed by atoms with van der Waals surface area (Å²) in [4.78, 5) is 2.12. The average Bonchev–Trinajstić information content (AvgIpc) is 2.34. The van der Waals surface area contributed by atoms with Crippen molar-refractivity contribution in [1.82, 2.24) is 0 Å². The van der Waals surface area contributed by atoms with Crippen molar-refractivity contribution in [3.8, 4) is 0 Å². The Labute approximate surface area is 110 Å².